The number of hydrogen-bond acceptors (Lipinski definition) is 5. The summed E-state index contributed by atoms with van der Waals surface area (Å²) in [6, 6.07) is 7.27. The monoisotopic (exact) mass is 372 g/mol. The number of furan rings is 1. The molecule has 0 atom stereocenters. The van der Waals surface area contributed by atoms with Crippen molar-refractivity contribution in [3.8, 4) is 0 Å². The number of anilines is 1. The SMILES string of the molecule is Cc1cc(C(=O)OCC(=O)N(C)CC(=O)Nc2c(C)cccc2C)c(C)o1. The molecule has 1 heterocycles. The summed E-state index contributed by atoms with van der Waals surface area (Å²) in [5, 5.41) is 2.81. The molecule has 0 fully saturated rings. The Morgan fingerprint density at radius 3 is 2.30 bits per heavy atom. The average Bonchev–Trinajstić information content (AvgIpc) is 2.94. The number of carbonyl (C=O) groups is 3. The molecule has 2 amide bonds. The van der Waals surface area contributed by atoms with Crippen LogP contribution in [0.5, 0.6) is 0 Å². The Hall–Kier alpha value is -3.09. The molecule has 0 saturated carbocycles. The molecule has 1 aromatic heterocycles. The Balaban J connectivity index is 1.87. The third kappa shape index (κ3) is 5.20. The Kier molecular flexibility index (Phi) is 6.39. The average molecular weight is 372 g/mol. The molecule has 1 aromatic carbocycles. The van der Waals surface area contributed by atoms with Crippen LogP contribution in [0.3, 0.4) is 0 Å². The zero-order valence-corrected chi connectivity index (χ0v) is 16.2. The first-order valence-corrected chi connectivity index (χ1v) is 8.53. The molecule has 0 unspecified atom stereocenters. The highest BCUT2D eigenvalue weighted by Crippen LogP contribution is 2.19. The number of para-hydroxylation sites is 1. The van der Waals surface area contributed by atoms with Gasteiger partial charge in [0.25, 0.3) is 5.91 Å². The van der Waals surface area contributed by atoms with E-state index in [1.165, 1.54) is 11.9 Å². The van der Waals surface area contributed by atoms with Crippen LogP contribution in [0.4, 0.5) is 5.69 Å². The number of hydrogen-bond donors (Lipinski definition) is 1. The summed E-state index contributed by atoms with van der Waals surface area (Å²) in [5.41, 5.74) is 2.91. The Bertz CT molecular complexity index is 849. The largest absolute Gasteiger partial charge is 0.466 e. The minimum atomic E-state index is -0.633. The molecule has 2 aromatic rings. The van der Waals surface area contributed by atoms with Gasteiger partial charge in [-0.25, -0.2) is 4.79 Å². The van der Waals surface area contributed by atoms with E-state index >= 15 is 0 Å². The van der Waals surface area contributed by atoms with Crippen molar-refractivity contribution in [1.29, 1.82) is 0 Å². The molecule has 0 bridgehead atoms. The van der Waals surface area contributed by atoms with E-state index in [2.05, 4.69) is 5.32 Å². The van der Waals surface area contributed by atoms with Gasteiger partial charge in [0.15, 0.2) is 6.61 Å². The van der Waals surface area contributed by atoms with Gasteiger partial charge in [-0.15, -0.1) is 0 Å². The van der Waals surface area contributed by atoms with E-state index in [9.17, 15) is 14.4 Å². The van der Waals surface area contributed by atoms with Crippen molar-refractivity contribution in [2.75, 3.05) is 25.5 Å². The van der Waals surface area contributed by atoms with Crippen LogP contribution in [0, 0.1) is 27.7 Å². The third-order valence-corrected chi connectivity index (χ3v) is 4.14. The quantitative estimate of drug-likeness (QED) is 0.788. The molecular weight excluding hydrogens is 348 g/mol. The van der Waals surface area contributed by atoms with Crippen molar-refractivity contribution in [3.63, 3.8) is 0 Å². The third-order valence-electron chi connectivity index (χ3n) is 4.14. The van der Waals surface area contributed by atoms with Crippen molar-refractivity contribution in [2.24, 2.45) is 0 Å². The molecule has 0 saturated heterocycles. The number of esters is 1. The van der Waals surface area contributed by atoms with Crippen LogP contribution in [0.1, 0.15) is 33.0 Å². The van der Waals surface area contributed by atoms with Gasteiger partial charge in [0.2, 0.25) is 5.91 Å². The molecule has 0 aliphatic rings. The van der Waals surface area contributed by atoms with Crippen LogP contribution in [0.2, 0.25) is 0 Å². The van der Waals surface area contributed by atoms with E-state index in [-0.39, 0.29) is 18.0 Å². The lowest BCUT2D eigenvalue weighted by atomic mass is 10.1. The lowest BCUT2D eigenvalue weighted by Crippen LogP contribution is -2.37. The van der Waals surface area contributed by atoms with E-state index in [0.717, 1.165) is 16.8 Å². The number of nitrogens with one attached hydrogen (secondary N) is 1. The van der Waals surface area contributed by atoms with Crippen molar-refractivity contribution in [3.05, 3.63) is 52.5 Å². The van der Waals surface area contributed by atoms with Crippen LogP contribution in [0.25, 0.3) is 0 Å². The molecule has 1 N–H and O–H groups in total. The zero-order chi connectivity index (χ0) is 20.1. The fraction of sp³-hybridized carbons (Fsp3) is 0.350. The number of aryl methyl sites for hydroxylation is 4. The van der Waals surface area contributed by atoms with E-state index in [1.54, 1.807) is 19.9 Å². The lowest BCUT2D eigenvalue weighted by molar-refractivity contribution is -0.136. The van der Waals surface area contributed by atoms with Crippen LogP contribution in [0.15, 0.2) is 28.7 Å². The van der Waals surface area contributed by atoms with Gasteiger partial charge in [-0.3, -0.25) is 9.59 Å². The van der Waals surface area contributed by atoms with Crippen molar-refractivity contribution in [1.82, 2.24) is 4.90 Å². The van der Waals surface area contributed by atoms with E-state index in [0.29, 0.717) is 11.5 Å². The summed E-state index contributed by atoms with van der Waals surface area (Å²) in [7, 11) is 1.48. The summed E-state index contributed by atoms with van der Waals surface area (Å²) in [6.45, 7) is 6.57. The number of rotatable bonds is 6. The van der Waals surface area contributed by atoms with Crippen molar-refractivity contribution in [2.45, 2.75) is 27.7 Å². The minimum absolute atomic E-state index is 0.145. The molecular formula is C20H24N2O5. The summed E-state index contributed by atoms with van der Waals surface area (Å²) in [5.74, 6) is -0.405. The normalized spacial score (nSPS) is 10.4. The molecule has 7 heteroatoms. The maximum Gasteiger partial charge on any atom is 0.342 e. The van der Waals surface area contributed by atoms with Crippen LogP contribution >= 0.6 is 0 Å². The second-order valence-corrected chi connectivity index (χ2v) is 6.47. The van der Waals surface area contributed by atoms with Crippen LogP contribution in [-0.4, -0.2) is 42.9 Å². The Labute approximate surface area is 158 Å². The fourth-order valence-electron chi connectivity index (χ4n) is 2.64. The second-order valence-electron chi connectivity index (χ2n) is 6.47. The van der Waals surface area contributed by atoms with Crippen LogP contribution in [-0.2, 0) is 14.3 Å². The number of likely N-dealkylation sites (N-methyl/N-ethyl adjacent to an activating group) is 1. The van der Waals surface area contributed by atoms with Gasteiger partial charge < -0.3 is 19.4 Å². The number of benzene rings is 1. The Morgan fingerprint density at radius 1 is 1.11 bits per heavy atom. The van der Waals surface area contributed by atoms with Gasteiger partial charge in [-0.2, -0.15) is 0 Å². The molecule has 2 rings (SSSR count). The number of carbonyl (C=O) groups excluding carboxylic acids is 3. The van der Waals surface area contributed by atoms with Gasteiger partial charge in [0.1, 0.15) is 17.1 Å². The first-order chi connectivity index (χ1) is 12.7. The summed E-state index contributed by atoms with van der Waals surface area (Å²) >= 11 is 0. The van der Waals surface area contributed by atoms with Gasteiger partial charge in [0, 0.05) is 12.7 Å². The second kappa shape index (κ2) is 8.53. The standard InChI is InChI=1S/C20H24N2O5/c1-12-7-6-8-13(2)19(12)21-17(23)10-22(5)18(24)11-26-20(25)16-9-14(3)27-15(16)4/h6-9H,10-11H2,1-5H3,(H,21,23). The molecule has 0 radical (unpaired) electrons. The highest BCUT2D eigenvalue weighted by Gasteiger charge is 2.19. The number of amides is 2. The predicted molar refractivity (Wildman–Crippen MR) is 101 cm³/mol. The highest BCUT2D eigenvalue weighted by molar-refractivity contribution is 5.96. The van der Waals surface area contributed by atoms with E-state index < -0.39 is 18.5 Å². The summed E-state index contributed by atoms with van der Waals surface area (Å²) in [4.78, 5) is 37.6. The minimum Gasteiger partial charge on any atom is -0.466 e. The van der Waals surface area contributed by atoms with Crippen molar-refractivity contribution < 1.29 is 23.5 Å². The predicted octanol–water partition coefficient (Wildman–Crippen LogP) is 2.77. The number of ether oxygens (including phenoxy) is 1. The summed E-state index contributed by atoms with van der Waals surface area (Å²) in [6.07, 6.45) is 0. The fourth-order valence-corrected chi connectivity index (χ4v) is 2.64. The lowest BCUT2D eigenvalue weighted by Gasteiger charge is -2.18. The molecule has 144 valence electrons. The van der Waals surface area contributed by atoms with Gasteiger partial charge in [0.05, 0.1) is 6.54 Å². The van der Waals surface area contributed by atoms with Gasteiger partial charge >= 0.3 is 5.97 Å². The topological polar surface area (TPSA) is 88.9 Å². The Morgan fingerprint density at radius 2 is 1.74 bits per heavy atom. The van der Waals surface area contributed by atoms with Gasteiger partial charge in [-0.1, -0.05) is 18.2 Å². The number of nitrogens with zero attached hydrogens (tertiary/aromatic N) is 1. The van der Waals surface area contributed by atoms with Gasteiger partial charge in [-0.05, 0) is 44.9 Å². The first-order valence-electron chi connectivity index (χ1n) is 8.53. The summed E-state index contributed by atoms with van der Waals surface area (Å²) < 4.78 is 10.3. The maximum atomic E-state index is 12.2. The molecule has 7 nitrogen and oxygen atoms in total. The molecule has 0 spiro atoms. The zero-order valence-electron chi connectivity index (χ0n) is 16.2. The molecule has 0 aliphatic heterocycles. The maximum absolute atomic E-state index is 12.2. The highest BCUT2D eigenvalue weighted by atomic mass is 16.5. The molecule has 0 aliphatic carbocycles. The van der Waals surface area contributed by atoms with Crippen LogP contribution < -0.4 is 5.32 Å². The van der Waals surface area contributed by atoms with E-state index in [1.807, 2.05) is 32.0 Å². The molecule has 27 heavy (non-hydrogen) atoms. The van der Waals surface area contributed by atoms with Crippen molar-refractivity contribution >= 4 is 23.5 Å². The van der Waals surface area contributed by atoms with E-state index in [4.69, 9.17) is 9.15 Å². The first kappa shape index (κ1) is 20.2. The smallest absolute Gasteiger partial charge is 0.342 e.